The highest BCUT2D eigenvalue weighted by atomic mass is 16.4. The summed E-state index contributed by atoms with van der Waals surface area (Å²) in [6.07, 6.45) is 1.72. The molecule has 0 spiro atoms. The smallest absolute Gasteiger partial charge is 0.323 e. The van der Waals surface area contributed by atoms with E-state index in [2.05, 4.69) is 0 Å². The average Bonchev–Trinajstić information content (AvgIpc) is 2.49. The second kappa shape index (κ2) is 9.10. The molecule has 0 aliphatic heterocycles. The van der Waals surface area contributed by atoms with E-state index in [-0.39, 0.29) is 12.5 Å². The summed E-state index contributed by atoms with van der Waals surface area (Å²) in [4.78, 5) is 24.4. The Bertz CT molecular complexity index is 451. The van der Waals surface area contributed by atoms with Gasteiger partial charge in [0.2, 0.25) is 5.91 Å². The highest BCUT2D eigenvalue weighted by molar-refractivity contribution is 5.85. The minimum absolute atomic E-state index is 0.331. The molecule has 0 saturated heterocycles. The van der Waals surface area contributed by atoms with Gasteiger partial charge in [-0.05, 0) is 31.4 Å². The molecule has 0 radical (unpaired) electrons. The third-order valence-electron chi connectivity index (χ3n) is 3.19. The molecule has 0 aliphatic rings. The lowest BCUT2D eigenvalue weighted by atomic mass is 10.1. The number of rotatable bonds is 9. The van der Waals surface area contributed by atoms with Crippen LogP contribution < -0.4 is 11.5 Å². The van der Waals surface area contributed by atoms with Gasteiger partial charge in [-0.15, -0.1) is 0 Å². The highest BCUT2D eigenvalue weighted by Crippen LogP contribution is 2.05. The van der Waals surface area contributed by atoms with Gasteiger partial charge in [0.05, 0.1) is 6.04 Å². The maximum Gasteiger partial charge on any atom is 0.323 e. The minimum atomic E-state index is -1.04. The molecule has 0 bridgehead atoms. The van der Waals surface area contributed by atoms with Gasteiger partial charge in [0.25, 0.3) is 0 Å². The van der Waals surface area contributed by atoms with E-state index in [0.29, 0.717) is 32.4 Å². The first-order valence-corrected chi connectivity index (χ1v) is 7.04. The van der Waals surface area contributed by atoms with Gasteiger partial charge in [-0.25, -0.2) is 0 Å². The zero-order valence-corrected chi connectivity index (χ0v) is 12.1. The molecule has 116 valence electrons. The van der Waals surface area contributed by atoms with E-state index in [9.17, 15) is 9.59 Å². The first-order chi connectivity index (χ1) is 10.0. The number of hydrogen-bond acceptors (Lipinski definition) is 4. The molecular weight excluding hydrogens is 270 g/mol. The van der Waals surface area contributed by atoms with E-state index >= 15 is 0 Å². The van der Waals surface area contributed by atoms with E-state index in [0.717, 1.165) is 5.56 Å². The van der Waals surface area contributed by atoms with Gasteiger partial charge in [-0.2, -0.15) is 0 Å². The van der Waals surface area contributed by atoms with Crippen LogP contribution in [-0.2, 0) is 16.0 Å². The summed E-state index contributed by atoms with van der Waals surface area (Å²) in [5.74, 6) is -1.37. The molecule has 1 aromatic rings. The zero-order valence-electron chi connectivity index (χ0n) is 12.1. The second-order valence-corrected chi connectivity index (χ2v) is 4.93. The number of carboxylic acids is 1. The molecule has 6 heteroatoms. The van der Waals surface area contributed by atoms with Crippen molar-refractivity contribution in [1.82, 2.24) is 4.90 Å². The Kier molecular flexibility index (Phi) is 7.42. The van der Waals surface area contributed by atoms with E-state index in [4.69, 9.17) is 16.6 Å². The lowest BCUT2D eigenvalue weighted by Crippen LogP contribution is -2.46. The van der Waals surface area contributed by atoms with Crippen molar-refractivity contribution in [3.63, 3.8) is 0 Å². The third-order valence-corrected chi connectivity index (χ3v) is 3.19. The number of carbonyl (C=O) groups is 2. The van der Waals surface area contributed by atoms with Crippen LogP contribution in [0.5, 0.6) is 0 Å². The normalized spacial score (nSPS) is 11.9. The van der Waals surface area contributed by atoms with Gasteiger partial charge >= 0.3 is 5.97 Å². The SMILES string of the molecule is NCCC[C@H](N)C(=O)N(CCc1ccccc1)CC(=O)O. The predicted molar refractivity (Wildman–Crippen MR) is 80.6 cm³/mol. The van der Waals surface area contributed by atoms with Gasteiger partial charge in [0.1, 0.15) is 6.54 Å². The van der Waals surface area contributed by atoms with Crippen LogP contribution in [0, 0.1) is 0 Å². The molecule has 0 saturated carbocycles. The molecule has 1 atom stereocenters. The summed E-state index contributed by atoms with van der Waals surface area (Å²) in [6.45, 7) is 0.470. The molecule has 5 N–H and O–H groups in total. The Morgan fingerprint density at radius 3 is 2.48 bits per heavy atom. The lowest BCUT2D eigenvalue weighted by molar-refractivity contribution is -0.145. The summed E-state index contributed by atoms with van der Waals surface area (Å²) in [6, 6.07) is 8.92. The van der Waals surface area contributed by atoms with Gasteiger partial charge in [-0.1, -0.05) is 30.3 Å². The number of hydrogen-bond donors (Lipinski definition) is 3. The summed E-state index contributed by atoms with van der Waals surface area (Å²) in [5, 5.41) is 8.93. The standard InChI is InChI=1S/C15H23N3O3/c16-9-4-7-13(17)15(21)18(11-14(19)20)10-8-12-5-2-1-3-6-12/h1-3,5-6,13H,4,7-11,16-17H2,(H,19,20)/t13-/m0/s1. The molecule has 0 aromatic heterocycles. The van der Waals surface area contributed by atoms with Crippen LogP contribution in [0.4, 0.5) is 0 Å². The van der Waals surface area contributed by atoms with Crippen LogP contribution in [0.15, 0.2) is 30.3 Å². The number of amides is 1. The Hall–Kier alpha value is -1.92. The molecule has 1 amide bonds. The number of nitrogens with zero attached hydrogens (tertiary/aromatic N) is 1. The number of benzene rings is 1. The quantitative estimate of drug-likeness (QED) is 0.603. The zero-order chi connectivity index (χ0) is 15.7. The largest absolute Gasteiger partial charge is 0.480 e. The number of nitrogens with two attached hydrogens (primary N) is 2. The molecular formula is C15H23N3O3. The topological polar surface area (TPSA) is 110 Å². The average molecular weight is 293 g/mol. The highest BCUT2D eigenvalue weighted by Gasteiger charge is 2.22. The van der Waals surface area contributed by atoms with Crippen molar-refractivity contribution >= 4 is 11.9 Å². The summed E-state index contributed by atoms with van der Waals surface area (Å²) in [5.41, 5.74) is 12.3. The molecule has 6 nitrogen and oxygen atoms in total. The molecule has 0 aliphatic carbocycles. The number of aliphatic carboxylic acids is 1. The van der Waals surface area contributed by atoms with E-state index in [1.54, 1.807) is 0 Å². The van der Waals surface area contributed by atoms with Gasteiger partial charge < -0.3 is 21.5 Å². The van der Waals surface area contributed by atoms with Crippen molar-refractivity contribution in [2.45, 2.75) is 25.3 Å². The van der Waals surface area contributed by atoms with Crippen LogP contribution in [0.3, 0.4) is 0 Å². The van der Waals surface area contributed by atoms with Crippen molar-refractivity contribution in [3.05, 3.63) is 35.9 Å². The van der Waals surface area contributed by atoms with Crippen molar-refractivity contribution in [3.8, 4) is 0 Å². The maximum atomic E-state index is 12.2. The van der Waals surface area contributed by atoms with Gasteiger partial charge in [0.15, 0.2) is 0 Å². The summed E-state index contributed by atoms with van der Waals surface area (Å²) < 4.78 is 0. The predicted octanol–water partition coefficient (Wildman–Crippen LogP) is 0.209. The first kappa shape index (κ1) is 17.1. The number of carboxylic acid groups (broad SMARTS) is 1. The van der Waals surface area contributed by atoms with Gasteiger partial charge in [-0.3, -0.25) is 9.59 Å². The fraction of sp³-hybridized carbons (Fsp3) is 0.467. The molecule has 0 heterocycles. The van der Waals surface area contributed by atoms with Crippen molar-refractivity contribution in [1.29, 1.82) is 0 Å². The minimum Gasteiger partial charge on any atom is -0.480 e. The van der Waals surface area contributed by atoms with Crippen LogP contribution in [0.2, 0.25) is 0 Å². The van der Waals surface area contributed by atoms with Crippen molar-refractivity contribution in [2.75, 3.05) is 19.6 Å². The van der Waals surface area contributed by atoms with Crippen LogP contribution in [0.1, 0.15) is 18.4 Å². The lowest BCUT2D eigenvalue weighted by Gasteiger charge is -2.24. The molecule has 21 heavy (non-hydrogen) atoms. The van der Waals surface area contributed by atoms with Crippen LogP contribution in [0.25, 0.3) is 0 Å². The fourth-order valence-electron chi connectivity index (χ4n) is 2.03. The Morgan fingerprint density at radius 1 is 1.24 bits per heavy atom. The first-order valence-electron chi connectivity index (χ1n) is 7.04. The van der Waals surface area contributed by atoms with Crippen LogP contribution in [-0.4, -0.2) is 47.6 Å². The maximum absolute atomic E-state index is 12.2. The number of carbonyl (C=O) groups excluding carboxylic acids is 1. The summed E-state index contributed by atoms with van der Waals surface area (Å²) >= 11 is 0. The van der Waals surface area contributed by atoms with Crippen LogP contribution >= 0.6 is 0 Å². The monoisotopic (exact) mass is 293 g/mol. The fourth-order valence-corrected chi connectivity index (χ4v) is 2.03. The molecule has 0 unspecified atom stereocenters. The van der Waals surface area contributed by atoms with Crippen molar-refractivity contribution in [2.24, 2.45) is 11.5 Å². The van der Waals surface area contributed by atoms with Crippen molar-refractivity contribution < 1.29 is 14.7 Å². The van der Waals surface area contributed by atoms with E-state index in [1.165, 1.54) is 4.90 Å². The third kappa shape index (κ3) is 6.37. The Balaban J connectivity index is 2.62. The van der Waals surface area contributed by atoms with E-state index < -0.39 is 12.0 Å². The molecule has 1 aromatic carbocycles. The van der Waals surface area contributed by atoms with E-state index in [1.807, 2.05) is 30.3 Å². The van der Waals surface area contributed by atoms with Gasteiger partial charge in [0, 0.05) is 6.54 Å². The Morgan fingerprint density at radius 2 is 1.90 bits per heavy atom. The second-order valence-electron chi connectivity index (χ2n) is 4.93. The summed E-state index contributed by atoms with van der Waals surface area (Å²) in [7, 11) is 0. The Labute approximate surface area is 124 Å². The molecule has 1 rings (SSSR count). The molecule has 0 fully saturated rings.